The molecule has 0 atom stereocenters. The van der Waals surface area contributed by atoms with E-state index in [1.165, 1.54) is 11.1 Å². The van der Waals surface area contributed by atoms with Crippen LogP contribution in [0.1, 0.15) is 27.9 Å². The summed E-state index contributed by atoms with van der Waals surface area (Å²) in [6.07, 6.45) is 2.46. The highest BCUT2D eigenvalue weighted by molar-refractivity contribution is 14.1. The van der Waals surface area contributed by atoms with Crippen LogP contribution >= 0.6 is 22.6 Å². The zero-order chi connectivity index (χ0) is 11.8. The molecule has 90 valence electrons. The van der Waals surface area contributed by atoms with Gasteiger partial charge in [0.2, 0.25) is 0 Å². The fourth-order valence-electron chi connectivity index (χ4n) is 2.60. The molecule has 0 saturated carbocycles. The molecule has 1 N–H and O–H groups in total. The fraction of sp³-hybridized carbons (Fsp3) is 0.462. The summed E-state index contributed by atoms with van der Waals surface area (Å²) >= 11 is 2.27. The molecule has 0 radical (unpaired) electrons. The summed E-state index contributed by atoms with van der Waals surface area (Å²) < 4.78 is 6.76. The topological polar surface area (TPSA) is 38.3 Å². The van der Waals surface area contributed by atoms with Crippen molar-refractivity contribution in [1.29, 1.82) is 0 Å². The number of ketones is 1. The molecule has 0 unspecified atom stereocenters. The number of carbonyl (C=O) groups excluding carboxylic acids is 1. The van der Waals surface area contributed by atoms with Crippen LogP contribution in [0, 0.1) is 3.57 Å². The van der Waals surface area contributed by atoms with E-state index in [9.17, 15) is 4.79 Å². The Kier molecular flexibility index (Phi) is 3.08. The molecule has 2 heterocycles. The Morgan fingerprint density at radius 3 is 2.94 bits per heavy atom. The van der Waals surface area contributed by atoms with Gasteiger partial charge < -0.3 is 10.1 Å². The molecule has 0 amide bonds. The summed E-state index contributed by atoms with van der Waals surface area (Å²) in [5.41, 5.74) is 3.40. The summed E-state index contributed by atoms with van der Waals surface area (Å²) in [5, 5.41) is 3.38. The predicted molar refractivity (Wildman–Crippen MR) is 73.9 cm³/mol. The Morgan fingerprint density at radius 2 is 2.06 bits per heavy atom. The number of benzene rings is 1. The maximum absolute atomic E-state index is 12.1. The number of ether oxygens (including phenoxy) is 1. The number of nitrogens with one attached hydrogen (secondary N) is 1. The molecule has 0 spiro atoms. The zero-order valence-electron chi connectivity index (χ0n) is 9.51. The maximum atomic E-state index is 12.1. The predicted octanol–water partition coefficient (Wildman–Crippen LogP) is 1.94. The Bertz CT molecular complexity index is 485. The second kappa shape index (κ2) is 4.57. The van der Waals surface area contributed by atoms with Crippen molar-refractivity contribution in [2.45, 2.75) is 19.3 Å². The van der Waals surface area contributed by atoms with Gasteiger partial charge in [-0.25, -0.2) is 0 Å². The van der Waals surface area contributed by atoms with Crippen molar-refractivity contribution in [1.82, 2.24) is 5.32 Å². The molecule has 0 aliphatic carbocycles. The van der Waals surface area contributed by atoms with Crippen molar-refractivity contribution >= 4 is 28.4 Å². The first-order valence-electron chi connectivity index (χ1n) is 5.98. The zero-order valence-corrected chi connectivity index (χ0v) is 11.7. The summed E-state index contributed by atoms with van der Waals surface area (Å²) in [7, 11) is 0. The lowest BCUT2D eigenvalue weighted by molar-refractivity contribution is 0.0931. The van der Waals surface area contributed by atoms with Crippen molar-refractivity contribution in [2.24, 2.45) is 0 Å². The number of Topliss-reactive ketones (excluding diaryl/α,β-unsaturated/α-hetero) is 1. The number of rotatable bonds is 0. The third-order valence-corrected chi connectivity index (χ3v) is 4.21. The van der Waals surface area contributed by atoms with Crippen molar-refractivity contribution in [3.05, 3.63) is 26.3 Å². The fourth-order valence-corrected chi connectivity index (χ4v) is 3.40. The summed E-state index contributed by atoms with van der Waals surface area (Å²) in [6.45, 7) is 2.48. The number of halogens is 1. The first-order chi connectivity index (χ1) is 8.27. The average molecular weight is 343 g/mol. The van der Waals surface area contributed by atoms with Crippen LogP contribution in [0.15, 0.2) is 6.07 Å². The molecule has 1 aromatic rings. The molecule has 0 bridgehead atoms. The largest absolute Gasteiger partial charge is 0.491 e. The van der Waals surface area contributed by atoms with Gasteiger partial charge in [0.25, 0.3) is 0 Å². The van der Waals surface area contributed by atoms with Crippen molar-refractivity contribution in [3.8, 4) is 5.75 Å². The minimum absolute atomic E-state index is 0.253. The highest BCUT2D eigenvalue weighted by Gasteiger charge is 2.27. The molecule has 2 aliphatic rings. The second-order valence-corrected chi connectivity index (χ2v) is 5.63. The van der Waals surface area contributed by atoms with Gasteiger partial charge in [-0.15, -0.1) is 0 Å². The molecule has 0 fully saturated rings. The SMILES string of the molecule is O=C1CCOc2c(I)cc3c(c21)CCNCC3. The third kappa shape index (κ3) is 1.97. The molecule has 3 rings (SSSR count). The van der Waals surface area contributed by atoms with Gasteiger partial charge in [-0.1, -0.05) is 0 Å². The number of hydrogen-bond donors (Lipinski definition) is 1. The van der Waals surface area contributed by atoms with Crippen LogP contribution in [-0.2, 0) is 12.8 Å². The lowest BCUT2D eigenvalue weighted by Gasteiger charge is -2.22. The van der Waals surface area contributed by atoms with E-state index in [4.69, 9.17) is 4.74 Å². The maximum Gasteiger partial charge on any atom is 0.170 e. The number of hydrogen-bond acceptors (Lipinski definition) is 3. The van der Waals surface area contributed by atoms with Gasteiger partial charge in [0, 0.05) is 6.42 Å². The Balaban J connectivity index is 2.22. The van der Waals surface area contributed by atoms with Crippen LogP contribution in [0.4, 0.5) is 0 Å². The third-order valence-electron chi connectivity index (χ3n) is 3.41. The Morgan fingerprint density at radius 1 is 1.24 bits per heavy atom. The molecule has 3 nitrogen and oxygen atoms in total. The first-order valence-corrected chi connectivity index (χ1v) is 7.06. The summed E-state index contributed by atoms with van der Waals surface area (Å²) in [4.78, 5) is 12.1. The van der Waals surface area contributed by atoms with Crippen LogP contribution in [0.25, 0.3) is 0 Å². The smallest absolute Gasteiger partial charge is 0.170 e. The van der Waals surface area contributed by atoms with Gasteiger partial charge in [0.1, 0.15) is 5.75 Å². The average Bonchev–Trinajstić information content (AvgIpc) is 2.55. The molecule has 0 aromatic heterocycles. The number of carbonyl (C=O) groups is 1. The van der Waals surface area contributed by atoms with Gasteiger partial charge in [0.05, 0.1) is 15.7 Å². The van der Waals surface area contributed by atoms with Crippen LogP contribution in [0.2, 0.25) is 0 Å². The Labute approximate surface area is 114 Å². The normalized spacial score (nSPS) is 19.0. The van der Waals surface area contributed by atoms with Crippen molar-refractivity contribution in [2.75, 3.05) is 19.7 Å². The number of fused-ring (bicyclic) bond motifs is 3. The van der Waals surface area contributed by atoms with Gasteiger partial charge in [-0.3, -0.25) is 4.79 Å². The van der Waals surface area contributed by atoms with Crippen molar-refractivity contribution < 1.29 is 9.53 Å². The van der Waals surface area contributed by atoms with Gasteiger partial charge in [0.15, 0.2) is 5.78 Å². The quantitative estimate of drug-likeness (QED) is 0.732. The summed E-state index contributed by atoms with van der Waals surface area (Å²) in [5.74, 6) is 1.07. The highest BCUT2D eigenvalue weighted by Crippen LogP contribution is 2.35. The van der Waals surface area contributed by atoms with Gasteiger partial charge in [-0.05, 0) is 65.7 Å². The highest BCUT2D eigenvalue weighted by atomic mass is 127. The van der Waals surface area contributed by atoms with E-state index in [0.29, 0.717) is 13.0 Å². The van der Waals surface area contributed by atoms with Crippen LogP contribution in [0.3, 0.4) is 0 Å². The molecule has 0 saturated heterocycles. The van der Waals surface area contributed by atoms with E-state index in [1.807, 2.05) is 0 Å². The van der Waals surface area contributed by atoms with Crippen LogP contribution in [0.5, 0.6) is 5.75 Å². The Hall–Kier alpha value is -0.620. The van der Waals surface area contributed by atoms with Crippen molar-refractivity contribution in [3.63, 3.8) is 0 Å². The second-order valence-electron chi connectivity index (χ2n) is 4.47. The van der Waals surface area contributed by atoms with E-state index in [2.05, 4.69) is 34.0 Å². The van der Waals surface area contributed by atoms with E-state index in [1.54, 1.807) is 0 Å². The lowest BCUT2D eigenvalue weighted by atomic mass is 9.92. The molecule has 17 heavy (non-hydrogen) atoms. The molecular formula is C13H14INO2. The van der Waals surface area contributed by atoms with E-state index in [-0.39, 0.29) is 5.78 Å². The minimum Gasteiger partial charge on any atom is -0.491 e. The van der Waals surface area contributed by atoms with Crippen LogP contribution < -0.4 is 10.1 Å². The van der Waals surface area contributed by atoms with Gasteiger partial charge >= 0.3 is 0 Å². The molecule has 2 aliphatic heterocycles. The monoisotopic (exact) mass is 343 g/mol. The van der Waals surface area contributed by atoms with Gasteiger partial charge in [-0.2, -0.15) is 0 Å². The molecular weight excluding hydrogens is 329 g/mol. The first kappa shape index (κ1) is 11.5. The molecule has 1 aromatic carbocycles. The minimum atomic E-state index is 0.253. The lowest BCUT2D eigenvalue weighted by Crippen LogP contribution is -2.20. The summed E-state index contributed by atoms with van der Waals surface area (Å²) in [6, 6.07) is 2.18. The van der Waals surface area contributed by atoms with E-state index >= 15 is 0 Å². The molecule has 4 heteroatoms. The van der Waals surface area contributed by atoms with E-state index in [0.717, 1.165) is 40.8 Å². The van der Waals surface area contributed by atoms with E-state index < -0.39 is 0 Å². The standard InChI is InChI=1S/C13H14INO2/c14-10-7-8-1-4-15-5-2-9(8)12-11(16)3-6-17-13(10)12/h7,15H,1-6H2. The van der Waals surface area contributed by atoms with Crippen LogP contribution in [-0.4, -0.2) is 25.5 Å².